The summed E-state index contributed by atoms with van der Waals surface area (Å²) in [7, 11) is 0. The molecule has 4 heteroatoms. The first-order valence-corrected chi connectivity index (χ1v) is 0. The van der Waals surface area contributed by atoms with E-state index in [1.807, 2.05) is 0 Å². The van der Waals surface area contributed by atoms with Crippen molar-refractivity contribution in [3.63, 3.8) is 0 Å². The number of hydrogen-bond donors (Lipinski definition) is 0. The zero-order valence-corrected chi connectivity index (χ0v) is 4.00. The van der Waals surface area contributed by atoms with E-state index in [0.29, 0.717) is 0 Å². The van der Waals surface area contributed by atoms with Crippen LogP contribution in [0.1, 0.15) is 1.43 Å². The van der Waals surface area contributed by atoms with Crippen LogP contribution in [-0.4, -0.2) is 75.4 Å². The second-order valence-electron chi connectivity index (χ2n) is 0. The van der Waals surface area contributed by atoms with Gasteiger partial charge in [0.05, 0.1) is 0 Å². The Bertz CT molecular complexity index is 3.61. The number of rotatable bonds is 0. The molecule has 0 bridgehead atoms. The molecular weight excluding hydrogens is 27.8 g/mol. The third kappa shape index (κ3) is 8.83. The Morgan fingerprint density at radius 2 is 0.500 bits per heavy atom. The smallest absolute Gasteiger partial charge is 0 e. The summed E-state index contributed by atoms with van der Waals surface area (Å²) in [5, 5.41) is 0. The molecule has 0 amide bonds. The summed E-state index contributed by atoms with van der Waals surface area (Å²) >= 11 is 0. The molecule has 0 unspecified atom stereocenters. The second-order valence-corrected chi connectivity index (χ2v) is 0. The zero-order chi connectivity index (χ0) is 0. The quantitative estimate of drug-likeness (QED) is 0.291. The van der Waals surface area contributed by atoms with Gasteiger partial charge in [-0.3, -0.25) is 0 Å². The van der Waals surface area contributed by atoms with Crippen LogP contribution in [0.4, 0.5) is 0 Å². The van der Waals surface area contributed by atoms with E-state index >= 15 is 0 Å². The largest absolute Gasteiger partial charge is 0 e. The van der Waals surface area contributed by atoms with E-state index in [1.54, 1.807) is 0 Å². The minimum atomic E-state index is 0. The summed E-state index contributed by atoms with van der Waals surface area (Å²) in [5.41, 5.74) is 0. The molecule has 0 atom stereocenters. The molecule has 0 saturated carbocycles. The summed E-state index contributed by atoms with van der Waals surface area (Å²) in [6, 6.07) is 0. The molecule has 4 heavy (non-hydrogen) atoms. The molecule has 0 aliphatic heterocycles. The fourth-order valence-corrected chi connectivity index (χ4v) is 0. The van der Waals surface area contributed by atoms with E-state index in [0.717, 1.165) is 0 Å². The Labute approximate surface area is 76.0 Å². The van der Waals surface area contributed by atoms with Crippen LogP contribution in [0.5, 0.6) is 0 Å². The Kier molecular flexibility index (Phi) is 148. The molecule has 0 N–H and O–H groups in total. The van der Waals surface area contributed by atoms with Crippen molar-refractivity contribution >= 4 is 75.4 Å². The minimum Gasteiger partial charge on any atom is 0 e. The SMILES string of the molecule is [HH].[Li].[Li].[Li].[Li]. The van der Waals surface area contributed by atoms with Gasteiger partial charge in [-0.1, -0.05) is 0 Å². The van der Waals surface area contributed by atoms with Crippen LogP contribution in [0, 0.1) is 0 Å². The Morgan fingerprint density at radius 1 is 0.500 bits per heavy atom. The maximum atomic E-state index is 0. The topological polar surface area (TPSA) is 0 Å². The first-order valence-electron chi connectivity index (χ1n) is 0. The second kappa shape index (κ2) is 18.2. The molecule has 0 aromatic rings. The van der Waals surface area contributed by atoms with Crippen molar-refractivity contribution in [3.8, 4) is 0 Å². The van der Waals surface area contributed by atoms with Crippen LogP contribution < -0.4 is 0 Å². The first-order chi connectivity index (χ1) is 0. The summed E-state index contributed by atoms with van der Waals surface area (Å²) in [6.07, 6.45) is 0. The monoisotopic (exact) mass is 30.1 g/mol. The minimum absolute atomic E-state index is 0. The van der Waals surface area contributed by atoms with Gasteiger partial charge >= 0.3 is 0 Å². The molecule has 0 fully saturated rings. The van der Waals surface area contributed by atoms with Crippen molar-refractivity contribution in [1.82, 2.24) is 0 Å². The zero-order valence-electron chi connectivity index (χ0n) is 4.00. The molecule has 0 rings (SSSR count). The number of hydrogen-bond acceptors (Lipinski definition) is 0. The fourth-order valence-electron chi connectivity index (χ4n) is 0. The molecule has 0 aliphatic rings. The molecule has 6 valence electrons. The average molecular weight is 29.8 g/mol. The molecule has 0 heterocycles. The maximum absolute atomic E-state index is 0. The van der Waals surface area contributed by atoms with Crippen LogP contribution in [0.2, 0.25) is 0 Å². The molecule has 0 aliphatic carbocycles. The molecule has 4 radical (unpaired) electrons. The molecule has 0 nitrogen and oxygen atoms in total. The summed E-state index contributed by atoms with van der Waals surface area (Å²) in [6.45, 7) is 0. The molecular formula is H2Li4. The normalized spacial score (nSPS) is 0. The van der Waals surface area contributed by atoms with Crippen molar-refractivity contribution in [1.29, 1.82) is 0 Å². The third-order valence-corrected chi connectivity index (χ3v) is 0. The Balaban J connectivity index is 0. The van der Waals surface area contributed by atoms with E-state index in [2.05, 4.69) is 0 Å². The van der Waals surface area contributed by atoms with Gasteiger partial charge < -0.3 is 0 Å². The molecule has 0 aromatic heterocycles. The van der Waals surface area contributed by atoms with Gasteiger partial charge in [-0.05, 0) is 0 Å². The Hall–Kier alpha value is 2.39. The summed E-state index contributed by atoms with van der Waals surface area (Å²) < 4.78 is 0. The predicted molar refractivity (Wildman–Crippen MR) is 25.1 cm³/mol. The predicted octanol–water partition coefficient (Wildman–Crippen LogP) is -1.28. The van der Waals surface area contributed by atoms with Crippen molar-refractivity contribution in [3.05, 3.63) is 0 Å². The average Bonchev–Trinajstić information content (AvgIpc) is 0. The Morgan fingerprint density at radius 3 is 0.500 bits per heavy atom. The van der Waals surface area contributed by atoms with Crippen LogP contribution in [-0.2, 0) is 0 Å². The molecule has 0 aromatic carbocycles. The van der Waals surface area contributed by atoms with E-state index in [1.165, 1.54) is 0 Å². The molecule has 0 saturated heterocycles. The van der Waals surface area contributed by atoms with Crippen LogP contribution in [0.3, 0.4) is 0 Å². The third-order valence-electron chi connectivity index (χ3n) is 0. The van der Waals surface area contributed by atoms with Gasteiger partial charge in [0.25, 0.3) is 0 Å². The van der Waals surface area contributed by atoms with Crippen LogP contribution in [0.15, 0.2) is 0 Å². The van der Waals surface area contributed by atoms with Crippen molar-refractivity contribution in [2.24, 2.45) is 0 Å². The van der Waals surface area contributed by atoms with Crippen molar-refractivity contribution in [2.75, 3.05) is 0 Å². The summed E-state index contributed by atoms with van der Waals surface area (Å²) in [4.78, 5) is 0. The van der Waals surface area contributed by atoms with E-state index in [-0.39, 0.29) is 76.9 Å². The van der Waals surface area contributed by atoms with Gasteiger partial charge in [0, 0.05) is 76.9 Å². The van der Waals surface area contributed by atoms with Gasteiger partial charge in [-0.25, -0.2) is 0 Å². The van der Waals surface area contributed by atoms with Crippen LogP contribution >= 0.6 is 0 Å². The van der Waals surface area contributed by atoms with Crippen molar-refractivity contribution in [2.45, 2.75) is 0 Å². The van der Waals surface area contributed by atoms with Gasteiger partial charge in [0.2, 0.25) is 0 Å². The maximum Gasteiger partial charge on any atom is 0 e. The van der Waals surface area contributed by atoms with Crippen molar-refractivity contribution < 1.29 is 1.43 Å². The van der Waals surface area contributed by atoms with Gasteiger partial charge in [-0.2, -0.15) is 0 Å². The van der Waals surface area contributed by atoms with E-state index in [4.69, 9.17) is 0 Å². The standard InChI is InChI=1S/4Li.H2/h;;;;1H. The summed E-state index contributed by atoms with van der Waals surface area (Å²) in [5.74, 6) is 0. The first kappa shape index (κ1) is 32.5. The molecule has 0 spiro atoms. The van der Waals surface area contributed by atoms with Crippen LogP contribution in [0.25, 0.3) is 0 Å². The van der Waals surface area contributed by atoms with E-state index < -0.39 is 0 Å². The van der Waals surface area contributed by atoms with Gasteiger partial charge in [0.15, 0.2) is 0 Å². The fraction of sp³-hybridized carbons (Fsp3) is 0. The van der Waals surface area contributed by atoms with Gasteiger partial charge in [0.1, 0.15) is 0 Å². The van der Waals surface area contributed by atoms with Gasteiger partial charge in [-0.15, -0.1) is 0 Å². The van der Waals surface area contributed by atoms with E-state index in [9.17, 15) is 0 Å².